The van der Waals surface area contributed by atoms with Crippen LogP contribution in [0.2, 0.25) is 0 Å². The highest BCUT2D eigenvalue weighted by Gasteiger charge is 2.28. The summed E-state index contributed by atoms with van der Waals surface area (Å²) in [7, 11) is 0. The Hall–Kier alpha value is -3.32. The van der Waals surface area contributed by atoms with E-state index in [4.69, 9.17) is 0 Å². The van der Waals surface area contributed by atoms with Gasteiger partial charge in [0.1, 0.15) is 10.7 Å². The first-order valence-corrected chi connectivity index (χ1v) is 10.7. The summed E-state index contributed by atoms with van der Waals surface area (Å²) < 4.78 is 0. The first kappa shape index (κ1) is 20.0. The zero-order valence-corrected chi connectivity index (χ0v) is 17.4. The lowest BCUT2D eigenvalue weighted by Gasteiger charge is -2.14. The van der Waals surface area contributed by atoms with E-state index in [0.29, 0.717) is 11.4 Å². The Balaban J connectivity index is 1.39. The summed E-state index contributed by atoms with van der Waals surface area (Å²) in [4.78, 5) is 41.8. The second-order valence-electron chi connectivity index (χ2n) is 7.11. The molecule has 1 aliphatic heterocycles. The average molecular weight is 420 g/mol. The van der Waals surface area contributed by atoms with E-state index in [1.54, 1.807) is 29.6 Å². The molecule has 1 fully saturated rings. The Labute approximate surface area is 178 Å². The molecule has 3 aromatic rings. The predicted octanol–water partition coefficient (Wildman–Crippen LogP) is 4.27. The molecule has 1 aromatic heterocycles. The number of thiazole rings is 1. The van der Waals surface area contributed by atoms with Crippen LogP contribution < -0.4 is 5.32 Å². The topological polar surface area (TPSA) is 79.4 Å². The molecular weight excluding hydrogens is 398 g/mol. The molecule has 1 aliphatic rings. The van der Waals surface area contributed by atoms with E-state index in [-0.39, 0.29) is 37.1 Å². The number of aromatic nitrogens is 1. The molecule has 30 heavy (non-hydrogen) atoms. The number of hydrogen-bond donors (Lipinski definition) is 1. The molecule has 0 bridgehead atoms. The summed E-state index contributed by atoms with van der Waals surface area (Å²) >= 11 is 1.43. The predicted molar refractivity (Wildman–Crippen MR) is 116 cm³/mol. The number of nitrogens with zero attached hydrogens (tertiary/aromatic N) is 2. The molecule has 2 heterocycles. The summed E-state index contributed by atoms with van der Waals surface area (Å²) in [6.07, 6.45) is 1.55. The Morgan fingerprint density at radius 3 is 2.27 bits per heavy atom. The van der Waals surface area contributed by atoms with Crippen molar-refractivity contribution in [3.05, 3.63) is 70.7 Å². The maximum Gasteiger partial charge on any atom is 0.275 e. The number of anilines is 1. The first-order chi connectivity index (χ1) is 14.5. The second-order valence-corrected chi connectivity index (χ2v) is 7.97. The minimum atomic E-state index is -0.277. The largest absolute Gasteiger partial charge is 0.321 e. The smallest absolute Gasteiger partial charge is 0.275 e. The van der Waals surface area contributed by atoms with Crippen molar-refractivity contribution in [2.75, 3.05) is 5.32 Å². The van der Waals surface area contributed by atoms with Crippen LogP contribution in [-0.4, -0.2) is 27.6 Å². The Morgan fingerprint density at radius 2 is 1.63 bits per heavy atom. The molecule has 0 radical (unpaired) electrons. The van der Waals surface area contributed by atoms with Crippen LogP contribution in [0.4, 0.5) is 5.69 Å². The number of likely N-dealkylation sites (tertiary alicyclic amines) is 1. The SMILES string of the molecule is CCc1ccc(-c2nc(C(=O)Nc3ccc(CN4C(=O)CCC4=O)cc3)cs2)cc1. The fraction of sp³-hybridized carbons (Fsp3) is 0.217. The fourth-order valence-electron chi connectivity index (χ4n) is 3.26. The molecule has 6 nitrogen and oxygen atoms in total. The third-order valence-corrected chi connectivity index (χ3v) is 5.94. The lowest BCUT2D eigenvalue weighted by atomic mass is 10.1. The first-order valence-electron chi connectivity index (χ1n) is 9.82. The van der Waals surface area contributed by atoms with Crippen molar-refractivity contribution in [2.24, 2.45) is 0 Å². The molecule has 2 aromatic carbocycles. The normalized spacial score (nSPS) is 13.7. The minimum absolute atomic E-state index is 0.138. The molecule has 0 unspecified atom stereocenters. The van der Waals surface area contributed by atoms with E-state index in [9.17, 15) is 14.4 Å². The van der Waals surface area contributed by atoms with Gasteiger partial charge in [0.25, 0.3) is 5.91 Å². The highest BCUT2D eigenvalue weighted by atomic mass is 32.1. The minimum Gasteiger partial charge on any atom is -0.321 e. The average Bonchev–Trinajstić information content (AvgIpc) is 3.38. The number of carbonyl (C=O) groups is 3. The number of benzene rings is 2. The molecule has 0 atom stereocenters. The quantitative estimate of drug-likeness (QED) is 0.605. The molecule has 3 amide bonds. The van der Waals surface area contributed by atoms with Gasteiger partial charge >= 0.3 is 0 Å². The van der Waals surface area contributed by atoms with Crippen LogP contribution in [0, 0.1) is 0 Å². The highest BCUT2D eigenvalue weighted by molar-refractivity contribution is 7.13. The van der Waals surface area contributed by atoms with E-state index in [1.165, 1.54) is 21.8 Å². The van der Waals surface area contributed by atoms with E-state index in [0.717, 1.165) is 22.6 Å². The second kappa shape index (κ2) is 8.59. The Morgan fingerprint density at radius 1 is 1.00 bits per heavy atom. The molecular formula is C23H21N3O3S. The van der Waals surface area contributed by atoms with Gasteiger partial charge in [-0.2, -0.15) is 0 Å². The third kappa shape index (κ3) is 4.31. The number of hydrogen-bond acceptors (Lipinski definition) is 5. The monoisotopic (exact) mass is 419 g/mol. The molecule has 0 aliphatic carbocycles. The van der Waals surface area contributed by atoms with Crippen LogP contribution in [0.5, 0.6) is 0 Å². The highest BCUT2D eigenvalue weighted by Crippen LogP contribution is 2.25. The number of amides is 3. The standard InChI is InChI=1S/C23H21N3O3S/c1-2-15-3-7-17(8-4-15)23-25-19(14-30-23)22(29)24-18-9-5-16(6-10-18)13-26-20(27)11-12-21(26)28/h3-10,14H,2,11-13H2,1H3,(H,24,29). The number of imide groups is 1. The molecule has 0 spiro atoms. The Kier molecular flexibility index (Phi) is 5.72. The van der Waals surface area contributed by atoms with Gasteiger partial charge in [0.05, 0.1) is 6.54 Å². The van der Waals surface area contributed by atoms with Gasteiger partial charge in [-0.25, -0.2) is 4.98 Å². The molecule has 7 heteroatoms. The molecule has 4 rings (SSSR count). The summed E-state index contributed by atoms with van der Waals surface area (Å²) in [5, 5.41) is 5.39. The van der Waals surface area contributed by atoms with Gasteiger partial charge in [0.2, 0.25) is 11.8 Å². The van der Waals surface area contributed by atoms with Crippen molar-refractivity contribution in [1.82, 2.24) is 9.88 Å². The van der Waals surface area contributed by atoms with Crippen LogP contribution >= 0.6 is 11.3 Å². The van der Waals surface area contributed by atoms with Gasteiger partial charge in [-0.15, -0.1) is 11.3 Å². The van der Waals surface area contributed by atoms with Crippen molar-refractivity contribution < 1.29 is 14.4 Å². The van der Waals surface area contributed by atoms with Crippen LogP contribution in [0.3, 0.4) is 0 Å². The van der Waals surface area contributed by atoms with Crippen molar-refractivity contribution in [3.63, 3.8) is 0 Å². The number of rotatable bonds is 6. The zero-order chi connectivity index (χ0) is 21.1. The third-order valence-electron chi connectivity index (χ3n) is 5.05. The summed E-state index contributed by atoms with van der Waals surface area (Å²) in [5.41, 5.74) is 4.08. The van der Waals surface area contributed by atoms with E-state index in [1.807, 2.05) is 12.1 Å². The van der Waals surface area contributed by atoms with E-state index in [2.05, 4.69) is 29.4 Å². The lowest BCUT2D eigenvalue weighted by Crippen LogP contribution is -2.28. The lowest BCUT2D eigenvalue weighted by molar-refractivity contribution is -0.139. The Bertz CT molecular complexity index is 1070. The summed E-state index contributed by atoms with van der Waals surface area (Å²) in [6, 6.07) is 15.3. The number of nitrogens with one attached hydrogen (secondary N) is 1. The molecule has 152 valence electrons. The maximum absolute atomic E-state index is 12.5. The maximum atomic E-state index is 12.5. The van der Waals surface area contributed by atoms with Crippen molar-refractivity contribution in [3.8, 4) is 10.6 Å². The van der Waals surface area contributed by atoms with Gasteiger partial charge < -0.3 is 5.32 Å². The van der Waals surface area contributed by atoms with Gasteiger partial charge in [-0.05, 0) is 29.7 Å². The van der Waals surface area contributed by atoms with Crippen LogP contribution in [0.1, 0.15) is 41.4 Å². The van der Waals surface area contributed by atoms with Gasteiger partial charge in [0, 0.05) is 29.5 Å². The summed E-state index contributed by atoms with van der Waals surface area (Å²) in [5.74, 6) is -0.553. The van der Waals surface area contributed by atoms with Crippen molar-refractivity contribution >= 4 is 34.7 Å². The van der Waals surface area contributed by atoms with Gasteiger partial charge in [-0.3, -0.25) is 19.3 Å². The molecule has 1 N–H and O–H groups in total. The zero-order valence-electron chi connectivity index (χ0n) is 16.6. The van der Waals surface area contributed by atoms with Crippen molar-refractivity contribution in [1.29, 1.82) is 0 Å². The van der Waals surface area contributed by atoms with E-state index < -0.39 is 0 Å². The number of carbonyl (C=O) groups excluding carboxylic acids is 3. The van der Waals surface area contributed by atoms with Gasteiger partial charge in [-0.1, -0.05) is 43.3 Å². The van der Waals surface area contributed by atoms with Crippen molar-refractivity contribution in [2.45, 2.75) is 32.7 Å². The number of aryl methyl sites for hydroxylation is 1. The summed E-state index contributed by atoms with van der Waals surface area (Å²) in [6.45, 7) is 2.37. The van der Waals surface area contributed by atoms with Crippen LogP contribution in [-0.2, 0) is 22.6 Å². The van der Waals surface area contributed by atoms with Crippen LogP contribution in [0.25, 0.3) is 10.6 Å². The fourth-order valence-corrected chi connectivity index (χ4v) is 4.07. The molecule has 1 saturated heterocycles. The van der Waals surface area contributed by atoms with Gasteiger partial charge in [0.15, 0.2) is 0 Å². The van der Waals surface area contributed by atoms with E-state index >= 15 is 0 Å². The van der Waals surface area contributed by atoms with Crippen LogP contribution in [0.15, 0.2) is 53.9 Å². The molecule has 0 saturated carbocycles.